The molecule has 4 nitrogen and oxygen atoms in total. The summed E-state index contributed by atoms with van der Waals surface area (Å²) < 4.78 is 24.2. The van der Waals surface area contributed by atoms with E-state index >= 15 is 0 Å². The molecule has 0 bridgehead atoms. The summed E-state index contributed by atoms with van der Waals surface area (Å²) in [5, 5.41) is 3.03. The van der Waals surface area contributed by atoms with Gasteiger partial charge in [0, 0.05) is 24.1 Å². The first-order valence-electron chi connectivity index (χ1n) is 8.47. The lowest BCUT2D eigenvalue weighted by Crippen LogP contribution is -2.40. The highest BCUT2D eigenvalue weighted by Crippen LogP contribution is 2.41. The SMILES string of the molecule is COc1ccc2c(c1)OC(C)(C)C[C@H]2NC(=O)/C=C/c1ccc(F)cc1. The van der Waals surface area contributed by atoms with Gasteiger partial charge >= 0.3 is 0 Å². The van der Waals surface area contributed by atoms with Crippen LogP contribution in [0.2, 0.25) is 0 Å². The molecule has 1 atom stereocenters. The van der Waals surface area contributed by atoms with Crippen molar-refractivity contribution >= 4 is 12.0 Å². The number of hydrogen-bond acceptors (Lipinski definition) is 3. The molecule has 0 aromatic heterocycles. The predicted molar refractivity (Wildman–Crippen MR) is 98.6 cm³/mol. The Labute approximate surface area is 152 Å². The van der Waals surface area contributed by atoms with Crippen LogP contribution in [0.3, 0.4) is 0 Å². The van der Waals surface area contributed by atoms with Gasteiger partial charge in [-0.15, -0.1) is 0 Å². The third-order valence-electron chi connectivity index (χ3n) is 4.29. The minimum absolute atomic E-state index is 0.162. The third-order valence-corrected chi connectivity index (χ3v) is 4.29. The molecule has 0 radical (unpaired) electrons. The Kier molecular flexibility index (Phi) is 4.98. The van der Waals surface area contributed by atoms with Gasteiger partial charge in [0.2, 0.25) is 5.91 Å². The maximum absolute atomic E-state index is 12.9. The molecule has 1 N–H and O–H groups in total. The Morgan fingerprint density at radius 3 is 2.69 bits per heavy atom. The van der Waals surface area contributed by atoms with Crippen LogP contribution in [0, 0.1) is 5.82 Å². The lowest BCUT2D eigenvalue weighted by Gasteiger charge is -2.37. The quantitative estimate of drug-likeness (QED) is 0.834. The molecule has 0 unspecified atom stereocenters. The molecule has 0 saturated heterocycles. The molecule has 136 valence electrons. The second-order valence-electron chi connectivity index (χ2n) is 6.92. The summed E-state index contributed by atoms with van der Waals surface area (Å²) in [6.07, 6.45) is 3.77. The van der Waals surface area contributed by atoms with Crippen molar-refractivity contribution in [2.45, 2.75) is 31.9 Å². The molecule has 26 heavy (non-hydrogen) atoms. The van der Waals surface area contributed by atoms with Crippen LogP contribution < -0.4 is 14.8 Å². The first-order chi connectivity index (χ1) is 12.4. The number of carbonyl (C=O) groups excluding carboxylic acids is 1. The van der Waals surface area contributed by atoms with Gasteiger partial charge in [-0.2, -0.15) is 0 Å². The number of ether oxygens (including phenoxy) is 2. The molecule has 5 heteroatoms. The average molecular weight is 355 g/mol. The number of methoxy groups -OCH3 is 1. The van der Waals surface area contributed by atoms with Gasteiger partial charge in [0.1, 0.15) is 22.9 Å². The number of halogens is 1. The van der Waals surface area contributed by atoms with Crippen molar-refractivity contribution in [3.05, 3.63) is 65.5 Å². The number of amides is 1. The molecule has 0 fully saturated rings. The van der Waals surface area contributed by atoms with E-state index in [1.165, 1.54) is 18.2 Å². The van der Waals surface area contributed by atoms with Crippen LogP contribution in [0.25, 0.3) is 6.08 Å². The number of hydrogen-bond donors (Lipinski definition) is 1. The molecule has 1 aliphatic rings. The van der Waals surface area contributed by atoms with E-state index in [0.717, 1.165) is 11.1 Å². The van der Waals surface area contributed by atoms with E-state index in [0.29, 0.717) is 17.9 Å². The summed E-state index contributed by atoms with van der Waals surface area (Å²) in [6.45, 7) is 3.98. The molecule has 2 aromatic carbocycles. The van der Waals surface area contributed by atoms with Gasteiger partial charge in [-0.25, -0.2) is 4.39 Å². The van der Waals surface area contributed by atoms with Crippen molar-refractivity contribution in [3.8, 4) is 11.5 Å². The molecule has 1 amide bonds. The minimum atomic E-state index is -0.405. The zero-order valence-corrected chi connectivity index (χ0v) is 15.1. The molecular formula is C21H22FNO3. The van der Waals surface area contributed by atoms with Crippen molar-refractivity contribution in [2.75, 3.05) is 7.11 Å². The normalized spacial score (nSPS) is 18.1. The number of rotatable bonds is 4. The smallest absolute Gasteiger partial charge is 0.244 e. The fourth-order valence-electron chi connectivity index (χ4n) is 3.05. The molecule has 1 aliphatic heterocycles. The van der Waals surface area contributed by atoms with Gasteiger partial charge in [0.05, 0.1) is 13.2 Å². The van der Waals surface area contributed by atoms with Gasteiger partial charge < -0.3 is 14.8 Å². The zero-order valence-electron chi connectivity index (χ0n) is 15.1. The average Bonchev–Trinajstić information content (AvgIpc) is 2.59. The molecular weight excluding hydrogens is 333 g/mol. The summed E-state index contributed by atoms with van der Waals surface area (Å²) >= 11 is 0. The van der Waals surface area contributed by atoms with E-state index in [9.17, 15) is 9.18 Å². The Hall–Kier alpha value is -2.82. The number of carbonyl (C=O) groups is 1. The highest BCUT2D eigenvalue weighted by Gasteiger charge is 2.34. The van der Waals surface area contributed by atoms with Gasteiger partial charge in [-0.3, -0.25) is 4.79 Å². The Bertz CT molecular complexity index is 828. The van der Waals surface area contributed by atoms with Gasteiger partial charge in [0.25, 0.3) is 0 Å². The maximum atomic E-state index is 12.9. The van der Waals surface area contributed by atoms with Crippen molar-refractivity contribution < 1.29 is 18.7 Å². The molecule has 2 aromatic rings. The minimum Gasteiger partial charge on any atom is -0.497 e. The van der Waals surface area contributed by atoms with Crippen LogP contribution in [-0.2, 0) is 4.79 Å². The summed E-state index contributed by atoms with van der Waals surface area (Å²) in [7, 11) is 1.61. The standard InChI is InChI=1S/C21H22FNO3/c1-21(2)13-18(17-10-9-16(25-3)12-19(17)26-21)23-20(24)11-6-14-4-7-15(22)8-5-14/h4-12,18H,13H2,1-3H3,(H,23,24)/b11-6+/t18-/m1/s1. The van der Waals surface area contributed by atoms with Crippen LogP contribution in [-0.4, -0.2) is 18.6 Å². The van der Waals surface area contributed by atoms with E-state index in [-0.39, 0.29) is 17.8 Å². The largest absolute Gasteiger partial charge is 0.497 e. The first-order valence-corrected chi connectivity index (χ1v) is 8.47. The summed E-state index contributed by atoms with van der Waals surface area (Å²) in [5.41, 5.74) is 1.28. The monoisotopic (exact) mass is 355 g/mol. The van der Waals surface area contributed by atoms with E-state index in [1.807, 2.05) is 32.0 Å². The van der Waals surface area contributed by atoms with Crippen LogP contribution in [0.15, 0.2) is 48.5 Å². The van der Waals surface area contributed by atoms with Crippen molar-refractivity contribution in [1.82, 2.24) is 5.32 Å². The molecule has 3 rings (SSSR count). The van der Waals surface area contributed by atoms with E-state index in [1.54, 1.807) is 25.3 Å². The van der Waals surface area contributed by atoms with Crippen molar-refractivity contribution in [3.63, 3.8) is 0 Å². The third kappa shape index (κ3) is 4.23. The second kappa shape index (κ2) is 7.20. The Morgan fingerprint density at radius 1 is 1.27 bits per heavy atom. The fourth-order valence-corrected chi connectivity index (χ4v) is 3.05. The highest BCUT2D eigenvalue weighted by molar-refractivity contribution is 5.92. The lowest BCUT2D eigenvalue weighted by atomic mass is 9.89. The fraction of sp³-hybridized carbons (Fsp3) is 0.286. The lowest BCUT2D eigenvalue weighted by molar-refractivity contribution is -0.117. The second-order valence-corrected chi connectivity index (χ2v) is 6.92. The Morgan fingerprint density at radius 2 is 2.00 bits per heavy atom. The number of benzene rings is 2. The van der Waals surface area contributed by atoms with Gasteiger partial charge in [-0.1, -0.05) is 12.1 Å². The van der Waals surface area contributed by atoms with Crippen LogP contribution in [0.4, 0.5) is 4.39 Å². The summed E-state index contributed by atoms with van der Waals surface area (Å²) in [5.74, 6) is 0.915. The first kappa shape index (κ1) is 18.0. The van der Waals surface area contributed by atoms with Gasteiger partial charge in [-0.05, 0) is 49.8 Å². The van der Waals surface area contributed by atoms with E-state index in [2.05, 4.69) is 5.32 Å². The highest BCUT2D eigenvalue weighted by atomic mass is 19.1. The number of nitrogens with one attached hydrogen (secondary N) is 1. The van der Waals surface area contributed by atoms with Gasteiger partial charge in [0.15, 0.2) is 0 Å². The van der Waals surface area contributed by atoms with Crippen LogP contribution in [0.1, 0.15) is 37.4 Å². The predicted octanol–water partition coefficient (Wildman–Crippen LogP) is 4.27. The topological polar surface area (TPSA) is 47.6 Å². The zero-order chi connectivity index (χ0) is 18.7. The van der Waals surface area contributed by atoms with E-state index in [4.69, 9.17) is 9.47 Å². The van der Waals surface area contributed by atoms with E-state index < -0.39 is 5.60 Å². The summed E-state index contributed by atoms with van der Waals surface area (Å²) in [4.78, 5) is 12.4. The van der Waals surface area contributed by atoms with Crippen LogP contribution >= 0.6 is 0 Å². The Balaban J connectivity index is 1.76. The molecule has 0 spiro atoms. The maximum Gasteiger partial charge on any atom is 0.244 e. The molecule has 1 heterocycles. The molecule has 0 saturated carbocycles. The van der Waals surface area contributed by atoms with Crippen molar-refractivity contribution in [2.24, 2.45) is 0 Å². The van der Waals surface area contributed by atoms with Crippen molar-refractivity contribution in [1.29, 1.82) is 0 Å². The molecule has 0 aliphatic carbocycles. The van der Waals surface area contributed by atoms with Crippen LogP contribution in [0.5, 0.6) is 11.5 Å². The number of fused-ring (bicyclic) bond motifs is 1. The summed E-state index contributed by atoms with van der Waals surface area (Å²) in [6, 6.07) is 11.4.